The second kappa shape index (κ2) is 6.73. The van der Waals surface area contributed by atoms with E-state index in [-0.39, 0.29) is 0 Å². The van der Waals surface area contributed by atoms with E-state index in [1.54, 1.807) is 24.0 Å². The van der Waals surface area contributed by atoms with Crippen molar-refractivity contribution in [2.45, 2.75) is 18.2 Å². The van der Waals surface area contributed by atoms with Gasteiger partial charge in [0.15, 0.2) is 0 Å². The number of halogens is 1. The maximum Gasteiger partial charge on any atom is 0.320 e. The zero-order chi connectivity index (χ0) is 12.0. The fourth-order valence-corrected chi connectivity index (χ4v) is 2.10. The summed E-state index contributed by atoms with van der Waals surface area (Å²) in [6, 6.07) is 2.87. The average Bonchev–Trinajstić information content (AvgIpc) is 2.26. The van der Waals surface area contributed by atoms with Crippen molar-refractivity contribution >= 4 is 29.3 Å². The number of carboxylic acids is 1. The van der Waals surface area contributed by atoms with Gasteiger partial charge in [-0.15, -0.1) is 0 Å². The molecule has 0 aliphatic rings. The van der Waals surface area contributed by atoms with Gasteiger partial charge in [0, 0.05) is 11.9 Å². The molecule has 6 heteroatoms. The Bertz CT molecular complexity index is 345. The molecule has 0 aliphatic heterocycles. The highest BCUT2D eigenvalue weighted by atomic mass is 35.5. The smallest absolute Gasteiger partial charge is 0.320 e. The third-order valence-electron chi connectivity index (χ3n) is 1.95. The number of hydrogen-bond donors (Lipinski definition) is 2. The minimum atomic E-state index is -0.950. The van der Waals surface area contributed by atoms with Crippen molar-refractivity contribution in [2.24, 2.45) is 5.73 Å². The van der Waals surface area contributed by atoms with E-state index in [2.05, 4.69) is 4.98 Å². The lowest BCUT2D eigenvalue weighted by Crippen LogP contribution is -2.30. The lowest BCUT2D eigenvalue weighted by atomic mass is 10.2. The van der Waals surface area contributed by atoms with E-state index in [1.165, 1.54) is 0 Å². The second-order valence-electron chi connectivity index (χ2n) is 3.28. The zero-order valence-electron chi connectivity index (χ0n) is 8.60. The highest BCUT2D eigenvalue weighted by Gasteiger charge is 2.10. The van der Waals surface area contributed by atoms with Gasteiger partial charge in [-0.25, -0.2) is 4.98 Å². The topological polar surface area (TPSA) is 76.2 Å². The standard InChI is InChI=1S/C10H13ClN2O2S/c11-9-2-1-7(5-13-9)6-16-4-3-8(12)10(14)15/h1-2,5,8H,3-4,6,12H2,(H,14,15). The van der Waals surface area contributed by atoms with Gasteiger partial charge in [0.05, 0.1) is 0 Å². The summed E-state index contributed by atoms with van der Waals surface area (Å²) in [5.74, 6) is 0.556. The monoisotopic (exact) mass is 260 g/mol. The van der Waals surface area contributed by atoms with Crippen LogP contribution in [0, 0.1) is 0 Å². The third-order valence-corrected chi connectivity index (χ3v) is 3.23. The predicted molar refractivity (Wildman–Crippen MR) is 65.6 cm³/mol. The summed E-state index contributed by atoms with van der Waals surface area (Å²) in [5.41, 5.74) is 6.44. The van der Waals surface area contributed by atoms with Crippen LogP contribution in [-0.2, 0) is 10.5 Å². The summed E-state index contributed by atoms with van der Waals surface area (Å²) in [5, 5.41) is 9.04. The molecular weight excluding hydrogens is 248 g/mol. The first kappa shape index (κ1) is 13.3. The first-order valence-corrected chi connectivity index (χ1v) is 6.29. The molecule has 0 aliphatic carbocycles. The number of nitrogens with zero attached hydrogens (tertiary/aromatic N) is 1. The van der Waals surface area contributed by atoms with Gasteiger partial charge in [-0.05, 0) is 23.8 Å². The molecule has 0 spiro atoms. The van der Waals surface area contributed by atoms with Gasteiger partial charge in [-0.2, -0.15) is 11.8 Å². The Morgan fingerprint density at radius 3 is 2.94 bits per heavy atom. The zero-order valence-corrected chi connectivity index (χ0v) is 10.2. The predicted octanol–water partition coefficient (Wildman–Crippen LogP) is 1.77. The van der Waals surface area contributed by atoms with Crippen LogP contribution < -0.4 is 5.73 Å². The summed E-state index contributed by atoms with van der Waals surface area (Å²) in [4.78, 5) is 14.4. The van der Waals surface area contributed by atoms with Crippen LogP contribution in [0.1, 0.15) is 12.0 Å². The Hall–Kier alpha value is -0.780. The van der Waals surface area contributed by atoms with Crippen LogP contribution in [-0.4, -0.2) is 27.9 Å². The molecule has 3 N–H and O–H groups in total. The van der Waals surface area contributed by atoms with Crippen LogP contribution in [0.15, 0.2) is 18.3 Å². The van der Waals surface area contributed by atoms with Gasteiger partial charge in [0.25, 0.3) is 0 Å². The number of aromatic nitrogens is 1. The summed E-state index contributed by atoms with van der Waals surface area (Å²) in [6.07, 6.45) is 2.19. The third kappa shape index (κ3) is 4.83. The second-order valence-corrected chi connectivity index (χ2v) is 4.77. The number of hydrogen-bond acceptors (Lipinski definition) is 4. The fourth-order valence-electron chi connectivity index (χ4n) is 1.02. The van der Waals surface area contributed by atoms with E-state index in [9.17, 15) is 4.79 Å². The Kier molecular flexibility index (Phi) is 5.59. The van der Waals surface area contributed by atoms with Crippen molar-refractivity contribution in [1.29, 1.82) is 0 Å². The van der Waals surface area contributed by atoms with Crippen LogP contribution in [0.4, 0.5) is 0 Å². The number of pyridine rings is 1. The summed E-state index contributed by atoms with van der Waals surface area (Å²) in [7, 11) is 0. The van der Waals surface area contributed by atoms with Crippen LogP contribution >= 0.6 is 23.4 Å². The van der Waals surface area contributed by atoms with Crippen LogP contribution in [0.3, 0.4) is 0 Å². The van der Waals surface area contributed by atoms with Crippen LogP contribution in [0.2, 0.25) is 5.15 Å². The first-order chi connectivity index (χ1) is 7.59. The molecule has 1 atom stereocenters. The van der Waals surface area contributed by atoms with E-state index in [0.29, 0.717) is 11.6 Å². The van der Waals surface area contributed by atoms with Crippen molar-refractivity contribution in [2.75, 3.05) is 5.75 Å². The molecule has 1 heterocycles. The molecule has 0 saturated carbocycles. The Morgan fingerprint density at radius 1 is 1.62 bits per heavy atom. The lowest BCUT2D eigenvalue weighted by Gasteiger charge is -2.05. The van der Waals surface area contributed by atoms with Crippen molar-refractivity contribution in [3.8, 4) is 0 Å². The van der Waals surface area contributed by atoms with E-state index in [4.69, 9.17) is 22.4 Å². The van der Waals surface area contributed by atoms with Gasteiger partial charge in [-0.3, -0.25) is 4.79 Å². The van der Waals surface area contributed by atoms with E-state index < -0.39 is 12.0 Å². The quantitative estimate of drug-likeness (QED) is 0.602. The van der Waals surface area contributed by atoms with E-state index in [1.807, 2.05) is 6.07 Å². The van der Waals surface area contributed by atoms with Crippen molar-refractivity contribution in [3.63, 3.8) is 0 Å². The maximum absolute atomic E-state index is 10.4. The molecule has 1 unspecified atom stereocenters. The summed E-state index contributed by atoms with van der Waals surface area (Å²) < 4.78 is 0. The maximum atomic E-state index is 10.4. The number of aliphatic carboxylic acids is 1. The Labute approximate surface area is 103 Å². The molecule has 1 aromatic heterocycles. The number of carbonyl (C=O) groups is 1. The molecule has 0 aromatic carbocycles. The van der Waals surface area contributed by atoms with Gasteiger partial charge in [0.2, 0.25) is 0 Å². The average molecular weight is 261 g/mol. The fraction of sp³-hybridized carbons (Fsp3) is 0.400. The minimum Gasteiger partial charge on any atom is -0.480 e. The molecule has 0 amide bonds. The SMILES string of the molecule is NC(CCSCc1ccc(Cl)nc1)C(=O)O. The summed E-state index contributed by atoms with van der Waals surface area (Å²) in [6.45, 7) is 0. The van der Waals surface area contributed by atoms with Gasteiger partial charge in [-0.1, -0.05) is 17.7 Å². The molecule has 0 fully saturated rings. The van der Waals surface area contributed by atoms with E-state index in [0.717, 1.165) is 17.1 Å². The molecule has 0 bridgehead atoms. The van der Waals surface area contributed by atoms with Gasteiger partial charge in [0.1, 0.15) is 11.2 Å². The normalized spacial score (nSPS) is 12.4. The molecule has 1 aromatic rings. The number of rotatable bonds is 6. The molecule has 16 heavy (non-hydrogen) atoms. The first-order valence-electron chi connectivity index (χ1n) is 4.76. The van der Waals surface area contributed by atoms with E-state index >= 15 is 0 Å². The summed E-state index contributed by atoms with van der Waals surface area (Å²) >= 11 is 7.28. The van der Waals surface area contributed by atoms with Gasteiger partial charge < -0.3 is 10.8 Å². The molecule has 4 nitrogen and oxygen atoms in total. The Morgan fingerprint density at radius 2 is 2.38 bits per heavy atom. The van der Waals surface area contributed by atoms with Gasteiger partial charge >= 0.3 is 5.97 Å². The molecule has 1 rings (SSSR count). The molecule has 88 valence electrons. The van der Waals surface area contributed by atoms with Crippen LogP contribution in [0.5, 0.6) is 0 Å². The highest BCUT2D eigenvalue weighted by Crippen LogP contribution is 2.14. The number of carboxylic acid groups (broad SMARTS) is 1. The number of nitrogens with two attached hydrogens (primary N) is 1. The van der Waals surface area contributed by atoms with Crippen LogP contribution in [0.25, 0.3) is 0 Å². The van der Waals surface area contributed by atoms with Crippen molar-refractivity contribution in [3.05, 3.63) is 29.0 Å². The highest BCUT2D eigenvalue weighted by molar-refractivity contribution is 7.98. The Balaban J connectivity index is 2.21. The molecule has 0 saturated heterocycles. The largest absolute Gasteiger partial charge is 0.480 e. The molecular formula is C10H13ClN2O2S. The minimum absolute atomic E-state index is 0.473. The lowest BCUT2D eigenvalue weighted by molar-refractivity contribution is -0.138. The molecule has 0 radical (unpaired) electrons. The van der Waals surface area contributed by atoms with Crippen molar-refractivity contribution < 1.29 is 9.90 Å². The number of thioether (sulfide) groups is 1. The van der Waals surface area contributed by atoms with Crippen molar-refractivity contribution in [1.82, 2.24) is 4.98 Å².